The second-order valence-electron chi connectivity index (χ2n) is 13.3. The molecule has 0 saturated heterocycles. The van der Waals surface area contributed by atoms with E-state index >= 15 is 0 Å². The fourth-order valence-corrected chi connectivity index (χ4v) is 8.29. The Labute approximate surface area is 283 Å². The molecule has 0 aliphatic carbocycles. The summed E-state index contributed by atoms with van der Waals surface area (Å²) in [5.41, 5.74) is 8.33. The molecule has 0 amide bonds. The molecule has 1 aliphatic heterocycles. The highest BCUT2D eigenvalue weighted by atomic mass is 32.1. The third-order valence-electron chi connectivity index (χ3n) is 9.24. The van der Waals surface area contributed by atoms with Crippen molar-refractivity contribution in [2.45, 2.75) is 26.2 Å². The number of hydrogen-bond donors (Lipinski definition) is 0. The molecular weight excluding hydrogens is 609 g/mol. The standard InChI is InChI=1S/C42H34N4OS/c1-42(2,3)33-16-5-6-17-34(33)45-27-44(35-18-7-8-19-36(35)45)28-13-12-14-29(25-28)47-30-22-23-31-37(26-30)46(39-21-10-11-24-43-39)40-32-15-4-9-20-38(32)48-41(31)40/h4-26H,27H2,1-3H3. The first-order valence-electron chi connectivity index (χ1n) is 16.3. The van der Waals surface area contributed by atoms with Gasteiger partial charge in [-0.25, -0.2) is 4.98 Å². The summed E-state index contributed by atoms with van der Waals surface area (Å²) >= 11 is 1.83. The second kappa shape index (κ2) is 11.0. The van der Waals surface area contributed by atoms with Gasteiger partial charge in [0.2, 0.25) is 0 Å². The molecule has 1 aliphatic rings. The molecule has 0 N–H and O–H groups in total. The Morgan fingerprint density at radius 2 is 1.38 bits per heavy atom. The minimum Gasteiger partial charge on any atom is -0.457 e. The maximum atomic E-state index is 6.63. The van der Waals surface area contributed by atoms with Gasteiger partial charge < -0.3 is 14.5 Å². The Hall–Kier alpha value is -5.59. The van der Waals surface area contributed by atoms with Crippen LogP contribution in [0.2, 0.25) is 0 Å². The number of thiophene rings is 1. The molecule has 0 bridgehead atoms. The number of hydrogen-bond acceptors (Lipinski definition) is 5. The van der Waals surface area contributed by atoms with Crippen molar-refractivity contribution in [2.75, 3.05) is 16.5 Å². The van der Waals surface area contributed by atoms with Gasteiger partial charge in [-0.2, -0.15) is 0 Å². The quantitative estimate of drug-likeness (QED) is 0.187. The summed E-state index contributed by atoms with van der Waals surface area (Å²) in [4.78, 5) is 9.56. The number of anilines is 4. The zero-order chi connectivity index (χ0) is 32.4. The van der Waals surface area contributed by atoms with E-state index in [1.165, 1.54) is 48.3 Å². The fraction of sp³-hybridized carbons (Fsp3) is 0.119. The predicted octanol–water partition coefficient (Wildman–Crippen LogP) is 11.7. The van der Waals surface area contributed by atoms with Crippen molar-refractivity contribution < 1.29 is 4.74 Å². The lowest BCUT2D eigenvalue weighted by Gasteiger charge is -2.29. The Bertz CT molecular complexity index is 2470. The Morgan fingerprint density at radius 1 is 0.646 bits per heavy atom. The van der Waals surface area contributed by atoms with E-state index in [4.69, 9.17) is 9.72 Å². The van der Waals surface area contributed by atoms with E-state index in [1.54, 1.807) is 0 Å². The summed E-state index contributed by atoms with van der Waals surface area (Å²) in [6, 6.07) is 47.0. The molecule has 234 valence electrons. The summed E-state index contributed by atoms with van der Waals surface area (Å²) in [5.74, 6) is 2.47. The summed E-state index contributed by atoms with van der Waals surface area (Å²) < 4.78 is 11.4. The Kier molecular flexibility index (Phi) is 6.56. The van der Waals surface area contributed by atoms with Crippen LogP contribution in [0.3, 0.4) is 0 Å². The molecule has 0 fully saturated rings. The first-order chi connectivity index (χ1) is 23.4. The van der Waals surface area contributed by atoms with Crippen molar-refractivity contribution in [3.8, 4) is 17.3 Å². The molecule has 0 atom stereocenters. The van der Waals surface area contributed by atoms with Crippen LogP contribution in [-0.2, 0) is 5.41 Å². The van der Waals surface area contributed by atoms with Crippen molar-refractivity contribution in [1.82, 2.24) is 9.55 Å². The first-order valence-corrected chi connectivity index (χ1v) is 17.1. The number of nitrogens with zero attached hydrogens (tertiary/aromatic N) is 4. The van der Waals surface area contributed by atoms with Crippen LogP contribution >= 0.6 is 11.3 Å². The normalized spacial score (nSPS) is 13.1. The Balaban J connectivity index is 1.10. The lowest BCUT2D eigenvalue weighted by Crippen LogP contribution is -2.26. The van der Waals surface area contributed by atoms with Gasteiger partial charge in [0.25, 0.3) is 0 Å². The van der Waals surface area contributed by atoms with Crippen LogP contribution in [0.5, 0.6) is 11.5 Å². The van der Waals surface area contributed by atoms with E-state index in [2.05, 4.69) is 150 Å². The molecule has 48 heavy (non-hydrogen) atoms. The molecule has 3 aromatic heterocycles. The number of ether oxygens (including phenoxy) is 1. The number of para-hydroxylation sites is 3. The van der Waals surface area contributed by atoms with Crippen molar-refractivity contribution in [1.29, 1.82) is 0 Å². The molecule has 0 unspecified atom stereocenters. The van der Waals surface area contributed by atoms with E-state index in [1.807, 2.05) is 35.7 Å². The Morgan fingerprint density at radius 3 is 2.19 bits per heavy atom. The molecule has 5 aromatic carbocycles. The predicted molar refractivity (Wildman–Crippen MR) is 201 cm³/mol. The van der Waals surface area contributed by atoms with Gasteiger partial charge in [-0.15, -0.1) is 11.3 Å². The van der Waals surface area contributed by atoms with Gasteiger partial charge in [0.15, 0.2) is 0 Å². The maximum Gasteiger partial charge on any atom is 0.137 e. The molecule has 4 heterocycles. The van der Waals surface area contributed by atoms with E-state index in [-0.39, 0.29) is 5.41 Å². The largest absolute Gasteiger partial charge is 0.457 e. The average Bonchev–Trinajstić information content (AvgIpc) is 3.77. The smallest absolute Gasteiger partial charge is 0.137 e. The van der Waals surface area contributed by atoms with Crippen LogP contribution in [0.15, 0.2) is 140 Å². The van der Waals surface area contributed by atoms with Gasteiger partial charge in [-0.3, -0.25) is 4.57 Å². The molecule has 6 heteroatoms. The second-order valence-corrected chi connectivity index (χ2v) is 14.4. The zero-order valence-electron chi connectivity index (χ0n) is 27.1. The third kappa shape index (κ3) is 4.63. The molecule has 5 nitrogen and oxygen atoms in total. The van der Waals surface area contributed by atoms with Crippen LogP contribution in [0.1, 0.15) is 26.3 Å². The monoisotopic (exact) mass is 642 g/mol. The van der Waals surface area contributed by atoms with Crippen molar-refractivity contribution in [3.63, 3.8) is 0 Å². The van der Waals surface area contributed by atoms with Gasteiger partial charge in [-0.1, -0.05) is 81.4 Å². The summed E-state index contributed by atoms with van der Waals surface area (Å²) in [6.07, 6.45) is 1.85. The van der Waals surface area contributed by atoms with Crippen LogP contribution in [0.4, 0.5) is 22.7 Å². The summed E-state index contributed by atoms with van der Waals surface area (Å²) in [6.45, 7) is 7.55. The summed E-state index contributed by atoms with van der Waals surface area (Å²) in [5, 5.41) is 2.43. The maximum absolute atomic E-state index is 6.63. The molecular formula is C42H34N4OS. The molecule has 0 spiro atoms. The minimum atomic E-state index is 0.0203. The van der Waals surface area contributed by atoms with Gasteiger partial charge >= 0.3 is 0 Å². The topological polar surface area (TPSA) is 33.5 Å². The van der Waals surface area contributed by atoms with E-state index in [9.17, 15) is 0 Å². The van der Waals surface area contributed by atoms with Crippen LogP contribution in [-0.4, -0.2) is 16.2 Å². The number of benzene rings is 5. The van der Waals surface area contributed by atoms with Gasteiger partial charge in [0, 0.05) is 45.2 Å². The zero-order valence-corrected chi connectivity index (χ0v) is 27.9. The number of rotatable bonds is 5. The van der Waals surface area contributed by atoms with Crippen molar-refractivity contribution in [3.05, 3.63) is 145 Å². The fourth-order valence-electron chi connectivity index (χ4n) is 7.07. The molecule has 0 radical (unpaired) electrons. The summed E-state index contributed by atoms with van der Waals surface area (Å²) in [7, 11) is 0. The van der Waals surface area contributed by atoms with Gasteiger partial charge in [0.1, 0.15) is 24.0 Å². The number of aromatic nitrogens is 2. The molecule has 0 saturated carbocycles. The lowest BCUT2D eigenvalue weighted by atomic mass is 9.85. The van der Waals surface area contributed by atoms with Crippen LogP contribution in [0.25, 0.3) is 37.0 Å². The molecule has 8 aromatic rings. The van der Waals surface area contributed by atoms with E-state index in [0.29, 0.717) is 6.67 Å². The highest BCUT2D eigenvalue weighted by molar-refractivity contribution is 7.26. The minimum absolute atomic E-state index is 0.0203. The third-order valence-corrected chi connectivity index (χ3v) is 10.4. The lowest BCUT2D eigenvalue weighted by molar-refractivity contribution is 0.483. The van der Waals surface area contributed by atoms with E-state index in [0.717, 1.165) is 28.5 Å². The average molecular weight is 643 g/mol. The van der Waals surface area contributed by atoms with Gasteiger partial charge in [-0.05, 0) is 71.6 Å². The SMILES string of the molecule is CC(C)(C)c1ccccc1N1CN(c2cccc(Oc3ccc4c5sc6ccccc6c5n(-c5ccccn5)c4c3)c2)c2ccccc21. The van der Waals surface area contributed by atoms with Crippen LogP contribution < -0.4 is 14.5 Å². The van der Waals surface area contributed by atoms with Crippen LogP contribution in [0, 0.1) is 0 Å². The highest BCUT2D eigenvalue weighted by Crippen LogP contribution is 2.47. The van der Waals surface area contributed by atoms with Crippen molar-refractivity contribution in [2.24, 2.45) is 0 Å². The highest BCUT2D eigenvalue weighted by Gasteiger charge is 2.31. The first kappa shape index (κ1) is 28.6. The number of pyridine rings is 1. The molecule has 9 rings (SSSR count). The van der Waals surface area contributed by atoms with Crippen molar-refractivity contribution >= 4 is 65.3 Å². The number of fused-ring (bicyclic) bond motifs is 6. The van der Waals surface area contributed by atoms with E-state index < -0.39 is 0 Å². The van der Waals surface area contributed by atoms with Gasteiger partial charge in [0.05, 0.1) is 27.1 Å².